The normalized spacial score (nSPS) is 21.0. The summed E-state index contributed by atoms with van der Waals surface area (Å²) in [5, 5.41) is 3.43. The lowest BCUT2D eigenvalue weighted by atomic mass is 10.1. The summed E-state index contributed by atoms with van der Waals surface area (Å²) in [4.78, 5) is 14.3. The van der Waals surface area contributed by atoms with E-state index >= 15 is 0 Å². The fourth-order valence-corrected chi connectivity index (χ4v) is 3.97. The Kier molecular flexibility index (Phi) is 4.62. The number of benzene rings is 1. The van der Waals surface area contributed by atoms with Gasteiger partial charge in [-0.3, -0.25) is 0 Å². The van der Waals surface area contributed by atoms with Crippen LogP contribution in [-0.4, -0.2) is 42.1 Å². The van der Waals surface area contributed by atoms with Gasteiger partial charge in [-0.25, -0.2) is 4.79 Å². The second-order valence-corrected chi connectivity index (χ2v) is 8.24. The molecule has 1 aromatic carbocycles. The second kappa shape index (κ2) is 6.51. The van der Waals surface area contributed by atoms with E-state index in [0.29, 0.717) is 12.0 Å². The van der Waals surface area contributed by atoms with E-state index in [0.717, 1.165) is 36.8 Å². The van der Waals surface area contributed by atoms with Gasteiger partial charge in [0.15, 0.2) is 11.5 Å². The molecule has 0 saturated carbocycles. The van der Waals surface area contributed by atoms with Crippen molar-refractivity contribution < 1.29 is 14.3 Å². The number of ether oxygens (including phenoxy) is 2. The van der Waals surface area contributed by atoms with Crippen LogP contribution in [0.4, 0.5) is 4.79 Å². The molecule has 23 heavy (non-hydrogen) atoms. The zero-order valence-corrected chi connectivity index (χ0v) is 14.7. The van der Waals surface area contributed by atoms with Crippen LogP contribution in [0.1, 0.15) is 38.0 Å². The summed E-state index contributed by atoms with van der Waals surface area (Å²) in [6, 6.07) is 6.19. The van der Waals surface area contributed by atoms with Gasteiger partial charge in [-0.15, -0.1) is 0 Å². The summed E-state index contributed by atoms with van der Waals surface area (Å²) in [6.07, 6.45) is 0.946. The average Bonchev–Trinajstić information content (AvgIpc) is 2.79. The van der Waals surface area contributed by atoms with Crippen LogP contribution >= 0.6 is 11.8 Å². The predicted molar refractivity (Wildman–Crippen MR) is 92.2 cm³/mol. The quantitative estimate of drug-likeness (QED) is 0.854. The standard InChI is InChI=1S/C17H24N2O3S/c1-17(2,3)18-16(20)19-7-6-15(23-9-8-19)12-4-5-13-14(10-12)22-11-21-13/h4-5,10,15H,6-9,11H2,1-3H3,(H,18,20). The first-order chi connectivity index (χ1) is 10.9. The van der Waals surface area contributed by atoms with E-state index in [1.165, 1.54) is 5.56 Å². The number of amides is 2. The van der Waals surface area contributed by atoms with Crippen molar-refractivity contribution in [1.29, 1.82) is 0 Å². The van der Waals surface area contributed by atoms with Crippen molar-refractivity contribution in [2.24, 2.45) is 0 Å². The van der Waals surface area contributed by atoms with E-state index in [1.54, 1.807) is 0 Å². The first-order valence-electron chi connectivity index (χ1n) is 8.01. The van der Waals surface area contributed by atoms with Gasteiger partial charge < -0.3 is 19.7 Å². The molecule has 2 heterocycles. The molecule has 126 valence electrons. The zero-order chi connectivity index (χ0) is 16.4. The van der Waals surface area contributed by atoms with E-state index < -0.39 is 0 Å². The van der Waals surface area contributed by atoms with E-state index in [1.807, 2.05) is 43.5 Å². The van der Waals surface area contributed by atoms with Crippen LogP contribution in [0.5, 0.6) is 11.5 Å². The number of hydrogen-bond donors (Lipinski definition) is 1. The Morgan fingerprint density at radius 2 is 2.04 bits per heavy atom. The third kappa shape index (κ3) is 4.05. The molecular weight excluding hydrogens is 312 g/mol. The Balaban J connectivity index is 1.63. The lowest BCUT2D eigenvalue weighted by molar-refractivity contribution is 0.174. The first kappa shape index (κ1) is 16.3. The molecule has 1 atom stereocenters. The molecule has 0 radical (unpaired) electrons. The number of hydrogen-bond acceptors (Lipinski definition) is 4. The van der Waals surface area contributed by atoms with Crippen LogP contribution < -0.4 is 14.8 Å². The number of nitrogens with zero attached hydrogens (tertiary/aromatic N) is 1. The minimum absolute atomic E-state index is 0.0319. The highest BCUT2D eigenvalue weighted by Gasteiger charge is 2.25. The highest BCUT2D eigenvalue weighted by atomic mass is 32.2. The van der Waals surface area contributed by atoms with Crippen molar-refractivity contribution in [2.45, 2.75) is 38.0 Å². The minimum Gasteiger partial charge on any atom is -0.454 e. The summed E-state index contributed by atoms with van der Waals surface area (Å²) < 4.78 is 10.8. The molecule has 0 aromatic heterocycles. The summed E-state index contributed by atoms with van der Waals surface area (Å²) in [5.74, 6) is 2.59. The Labute approximate surface area is 141 Å². The van der Waals surface area contributed by atoms with Gasteiger partial charge in [0.2, 0.25) is 6.79 Å². The molecule has 0 bridgehead atoms. The number of urea groups is 1. The van der Waals surface area contributed by atoms with E-state index in [-0.39, 0.29) is 11.6 Å². The third-order valence-corrected chi connectivity index (χ3v) is 5.21. The zero-order valence-electron chi connectivity index (χ0n) is 13.9. The number of carbonyl (C=O) groups is 1. The van der Waals surface area contributed by atoms with Gasteiger partial charge in [0, 0.05) is 29.6 Å². The van der Waals surface area contributed by atoms with Gasteiger partial charge in [-0.05, 0) is 44.9 Å². The summed E-state index contributed by atoms with van der Waals surface area (Å²) in [5.41, 5.74) is 1.05. The molecule has 1 unspecified atom stereocenters. The van der Waals surface area contributed by atoms with Crippen LogP contribution in [0.3, 0.4) is 0 Å². The molecule has 1 saturated heterocycles. The highest BCUT2D eigenvalue weighted by Crippen LogP contribution is 2.40. The fraction of sp³-hybridized carbons (Fsp3) is 0.588. The maximum absolute atomic E-state index is 12.3. The van der Waals surface area contributed by atoms with Gasteiger partial charge in [-0.1, -0.05) is 6.07 Å². The second-order valence-electron chi connectivity index (χ2n) is 6.93. The highest BCUT2D eigenvalue weighted by molar-refractivity contribution is 7.99. The SMILES string of the molecule is CC(C)(C)NC(=O)N1CCSC(c2ccc3c(c2)OCO3)CC1. The summed E-state index contributed by atoms with van der Waals surface area (Å²) in [6.45, 7) is 7.88. The number of carbonyl (C=O) groups excluding carboxylic acids is 1. The molecule has 2 aliphatic rings. The van der Waals surface area contributed by atoms with Crippen LogP contribution in [0.25, 0.3) is 0 Å². The molecule has 1 N–H and O–H groups in total. The van der Waals surface area contributed by atoms with Crippen molar-refractivity contribution in [1.82, 2.24) is 10.2 Å². The predicted octanol–water partition coefficient (Wildman–Crippen LogP) is 3.40. The summed E-state index contributed by atoms with van der Waals surface area (Å²) >= 11 is 1.90. The number of nitrogens with one attached hydrogen (secondary N) is 1. The topological polar surface area (TPSA) is 50.8 Å². The molecule has 3 rings (SSSR count). The van der Waals surface area contributed by atoms with Gasteiger partial charge >= 0.3 is 6.03 Å². The molecule has 2 aliphatic heterocycles. The smallest absolute Gasteiger partial charge is 0.317 e. The lowest BCUT2D eigenvalue weighted by Crippen LogP contribution is -2.49. The largest absolute Gasteiger partial charge is 0.454 e. The first-order valence-corrected chi connectivity index (χ1v) is 9.05. The number of fused-ring (bicyclic) bond motifs is 1. The maximum atomic E-state index is 12.3. The monoisotopic (exact) mass is 336 g/mol. The van der Waals surface area contributed by atoms with Crippen molar-refractivity contribution >= 4 is 17.8 Å². The number of thioether (sulfide) groups is 1. The molecule has 0 spiro atoms. The van der Waals surface area contributed by atoms with Gasteiger partial charge in [0.1, 0.15) is 0 Å². The van der Waals surface area contributed by atoms with Crippen LogP contribution in [0, 0.1) is 0 Å². The lowest BCUT2D eigenvalue weighted by Gasteiger charge is -2.27. The number of rotatable bonds is 1. The Bertz CT molecular complexity index is 586. The molecule has 0 aliphatic carbocycles. The molecule has 1 aromatic rings. The van der Waals surface area contributed by atoms with Gasteiger partial charge in [0.05, 0.1) is 0 Å². The molecule has 2 amide bonds. The van der Waals surface area contributed by atoms with Crippen molar-refractivity contribution in [3.05, 3.63) is 23.8 Å². The van der Waals surface area contributed by atoms with E-state index in [9.17, 15) is 4.79 Å². The summed E-state index contributed by atoms with van der Waals surface area (Å²) in [7, 11) is 0. The van der Waals surface area contributed by atoms with Gasteiger partial charge in [-0.2, -0.15) is 11.8 Å². The van der Waals surface area contributed by atoms with E-state index in [2.05, 4.69) is 17.4 Å². The molecule has 6 heteroatoms. The van der Waals surface area contributed by atoms with Crippen LogP contribution in [-0.2, 0) is 0 Å². The van der Waals surface area contributed by atoms with Crippen LogP contribution in [0.15, 0.2) is 18.2 Å². The molecule has 5 nitrogen and oxygen atoms in total. The van der Waals surface area contributed by atoms with Gasteiger partial charge in [0.25, 0.3) is 0 Å². The molecular formula is C17H24N2O3S. The average molecular weight is 336 g/mol. The third-order valence-electron chi connectivity index (χ3n) is 3.88. The van der Waals surface area contributed by atoms with Crippen molar-refractivity contribution in [3.8, 4) is 11.5 Å². The Hall–Kier alpha value is -1.56. The Morgan fingerprint density at radius 1 is 1.26 bits per heavy atom. The fourth-order valence-electron chi connectivity index (χ4n) is 2.75. The van der Waals surface area contributed by atoms with Crippen molar-refractivity contribution in [2.75, 3.05) is 25.6 Å². The van der Waals surface area contributed by atoms with Crippen molar-refractivity contribution in [3.63, 3.8) is 0 Å². The minimum atomic E-state index is -0.201. The maximum Gasteiger partial charge on any atom is 0.317 e. The van der Waals surface area contributed by atoms with Crippen LogP contribution in [0.2, 0.25) is 0 Å². The Morgan fingerprint density at radius 3 is 2.83 bits per heavy atom. The molecule has 1 fully saturated rings. The van der Waals surface area contributed by atoms with E-state index in [4.69, 9.17) is 9.47 Å².